The van der Waals surface area contributed by atoms with Gasteiger partial charge in [-0.1, -0.05) is 12.1 Å². The fourth-order valence-electron chi connectivity index (χ4n) is 3.40. The van der Waals surface area contributed by atoms with E-state index in [-0.39, 0.29) is 11.6 Å². The van der Waals surface area contributed by atoms with Crippen molar-refractivity contribution in [3.63, 3.8) is 0 Å². The highest BCUT2D eigenvalue weighted by atomic mass is 19.1. The zero-order valence-electron chi connectivity index (χ0n) is 14.1. The maximum absolute atomic E-state index is 13.8. The summed E-state index contributed by atoms with van der Waals surface area (Å²) in [6.07, 6.45) is 8.55. The molecule has 0 fully saturated rings. The Labute approximate surface area is 150 Å². The molecule has 0 saturated heterocycles. The van der Waals surface area contributed by atoms with E-state index in [4.69, 9.17) is 0 Å². The zero-order chi connectivity index (χ0) is 17.9. The number of rotatable bonds is 4. The highest BCUT2D eigenvalue weighted by Gasteiger charge is 2.20. The first-order valence-corrected chi connectivity index (χ1v) is 8.64. The minimum Gasteiger partial charge on any atom is -0.303 e. The third-order valence-electron chi connectivity index (χ3n) is 4.69. The van der Waals surface area contributed by atoms with Crippen LogP contribution in [0.15, 0.2) is 49.1 Å². The molecule has 0 radical (unpaired) electrons. The van der Waals surface area contributed by atoms with Crippen molar-refractivity contribution in [3.05, 3.63) is 77.6 Å². The molecule has 3 aromatic heterocycles. The number of hydrogen-bond acceptors (Lipinski definition) is 4. The first-order valence-electron chi connectivity index (χ1n) is 8.64. The third-order valence-corrected chi connectivity index (χ3v) is 4.69. The Morgan fingerprint density at radius 2 is 1.88 bits per heavy atom. The Hall–Kier alpha value is -2.73. The maximum Gasteiger partial charge on any atom is 0.152 e. The summed E-state index contributed by atoms with van der Waals surface area (Å²) in [5.41, 5.74) is 3.51. The lowest BCUT2D eigenvalue weighted by Crippen LogP contribution is -2.26. The van der Waals surface area contributed by atoms with Gasteiger partial charge in [0, 0.05) is 24.5 Å². The quantitative estimate of drug-likeness (QED) is 0.772. The van der Waals surface area contributed by atoms with Crippen LogP contribution in [0.1, 0.15) is 35.8 Å². The monoisotopic (exact) mass is 352 g/mol. The van der Waals surface area contributed by atoms with Gasteiger partial charge in [-0.15, -0.1) is 0 Å². The van der Waals surface area contributed by atoms with Crippen molar-refractivity contribution in [2.75, 3.05) is 0 Å². The number of aryl methyl sites for hydroxylation is 1. The topological polar surface area (TPSA) is 50.7 Å². The second-order valence-electron chi connectivity index (χ2n) is 6.39. The third kappa shape index (κ3) is 3.32. The summed E-state index contributed by atoms with van der Waals surface area (Å²) in [4.78, 5) is 12.4. The van der Waals surface area contributed by atoms with Crippen molar-refractivity contribution in [2.45, 2.75) is 31.8 Å². The van der Waals surface area contributed by atoms with E-state index in [0.29, 0.717) is 12.1 Å². The molecule has 4 nitrogen and oxygen atoms in total. The average molecular weight is 352 g/mol. The van der Waals surface area contributed by atoms with E-state index in [9.17, 15) is 8.78 Å². The van der Waals surface area contributed by atoms with E-state index in [0.717, 1.165) is 43.0 Å². The number of hydrogen-bond donors (Lipinski definition) is 1. The average Bonchev–Trinajstić information content (AvgIpc) is 2.67. The number of nitrogens with one attached hydrogen (secondary N) is 1. The highest BCUT2D eigenvalue weighted by Crippen LogP contribution is 2.28. The van der Waals surface area contributed by atoms with E-state index in [2.05, 4.69) is 26.3 Å². The Morgan fingerprint density at radius 3 is 2.65 bits per heavy atom. The lowest BCUT2D eigenvalue weighted by Gasteiger charge is -2.25. The molecule has 1 N–H and O–H groups in total. The van der Waals surface area contributed by atoms with Crippen LogP contribution >= 0.6 is 0 Å². The van der Waals surface area contributed by atoms with Crippen molar-refractivity contribution in [1.82, 2.24) is 20.3 Å². The number of halogens is 2. The van der Waals surface area contributed by atoms with Crippen molar-refractivity contribution in [3.8, 4) is 11.1 Å². The Morgan fingerprint density at radius 1 is 1.04 bits per heavy atom. The van der Waals surface area contributed by atoms with Crippen molar-refractivity contribution < 1.29 is 8.78 Å². The van der Waals surface area contributed by atoms with E-state index in [1.807, 2.05) is 12.3 Å². The van der Waals surface area contributed by atoms with Crippen molar-refractivity contribution >= 4 is 0 Å². The SMILES string of the molecule is Fc1cncc(F)c1-c1ccc(CNC2CCCc3cccnc32)nc1. The van der Waals surface area contributed by atoms with Gasteiger partial charge < -0.3 is 5.32 Å². The maximum atomic E-state index is 13.8. The second-order valence-corrected chi connectivity index (χ2v) is 6.39. The first-order chi connectivity index (χ1) is 12.7. The molecule has 1 aliphatic carbocycles. The summed E-state index contributed by atoms with van der Waals surface area (Å²) < 4.78 is 27.6. The van der Waals surface area contributed by atoms with E-state index < -0.39 is 11.6 Å². The number of nitrogens with zero attached hydrogens (tertiary/aromatic N) is 3. The second kappa shape index (κ2) is 7.25. The van der Waals surface area contributed by atoms with Gasteiger partial charge >= 0.3 is 0 Å². The molecule has 6 heteroatoms. The molecule has 26 heavy (non-hydrogen) atoms. The number of pyridine rings is 3. The van der Waals surface area contributed by atoms with E-state index >= 15 is 0 Å². The minimum atomic E-state index is -0.692. The molecule has 1 atom stereocenters. The molecule has 0 saturated carbocycles. The van der Waals surface area contributed by atoms with Crippen LogP contribution in [0.3, 0.4) is 0 Å². The summed E-state index contributed by atoms with van der Waals surface area (Å²) in [5, 5.41) is 3.49. The number of fused-ring (bicyclic) bond motifs is 1. The minimum absolute atomic E-state index is 0.0996. The fourth-order valence-corrected chi connectivity index (χ4v) is 3.40. The summed E-state index contributed by atoms with van der Waals surface area (Å²) in [6.45, 7) is 0.572. The van der Waals surface area contributed by atoms with Gasteiger partial charge in [0.2, 0.25) is 0 Å². The predicted molar refractivity (Wildman–Crippen MR) is 94.1 cm³/mol. The summed E-state index contributed by atoms with van der Waals surface area (Å²) in [6, 6.07) is 7.76. The van der Waals surface area contributed by atoms with Crippen molar-refractivity contribution in [1.29, 1.82) is 0 Å². The molecule has 0 aromatic carbocycles. The zero-order valence-corrected chi connectivity index (χ0v) is 14.1. The molecule has 4 rings (SSSR count). The Kier molecular flexibility index (Phi) is 4.67. The molecular formula is C20H18F2N4. The van der Waals surface area contributed by atoms with Gasteiger partial charge in [0.1, 0.15) is 0 Å². The van der Waals surface area contributed by atoms with Crippen LogP contribution in [0.2, 0.25) is 0 Å². The van der Waals surface area contributed by atoms with Crippen LogP contribution < -0.4 is 5.32 Å². The molecule has 3 heterocycles. The molecule has 3 aromatic rings. The molecule has 132 valence electrons. The Balaban J connectivity index is 1.48. The number of aromatic nitrogens is 3. The Bertz CT molecular complexity index is 892. The van der Waals surface area contributed by atoms with E-state index in [1.165, 1.54) is 11.8 Å². The normalized spacial score (nSPS) is 16.3. The van der Waals surface area contributed by atoms with Gasteiger partial charge in [0.15, 0.2) is 11.6 Å². The summed E-state index contributed by atoms with van der Waals surface area (Å²) in [5.74, 6) is -1.38. The van der Waals surface area contributed by atoms with Gasteiger partial charge in [-0.05, 0) is 37.0 Å². The summed E-state index contributed by atoms with van der Waals surface area (Å²) >= 11 is 0. The largest absolute Gasteiger partial charge is 0.303 e. The van der Waals surface area contributed by atoms with Crippen LogP contribution in [-0.4, -0.2) is 15.0 Å². The molecule has 0 bridgehead atoms. The molecule has 0 aliphatic heterocycles. The van der Waals surface area contributed by atoms with Gasteiger partial charge in [-0.25, -0.2) is 8.78 Å². The molecule has 0 spiro atoms. The van der Waals surface area contributed by atoms with Gasteiger partial charge in [0.05, 0.1) is 35.4 Å². The molecule has 1 aliphatic rings. The fraction of sp³-hybridized carbons (Fsp3) is 0.250. The van der Waals surface area contributed by atoms with E-state index in [1.54, 1.807) is 12.1 Å². The van der Waals surface area contributed by atoms with Crippen LogP contribution in [0.5, 0.6) is 0 Å². The van der Waals surface area contributed by atoms with Gasteiger partial charge in [-0.2, -0.15) is 0 Å². The van der Waals surface area contributed by atoms with Gasteiger partial charge in [-0.3, -0.25) is 15.0 Å². The van der Waals surface area contributed by atoms with Crippen LogP contribution in [0.4, 0.5) is 8.78 Å². The lowest BCUT2D eigenvalue weighted by molar-refractivity contribution is 0.445. The summed E-state index contributed by atoms with van der Waals surface area (Å²) in [7, 11) is 0. The smallest absolute Gasteiger partial charge is 0.152 e. The molecular weight excluding hydrogens is 334 g/mol. The highest BCUT2D eigenvalue weighted by molar-refractivity contribution is 5.63. The molecule has 0 amide bonds. The van der Waals surface area contributed by atoms with Crippen LogP contribution in [0.25, 0.3) is 11.1 Å². The van der Waals surface area contributed by atoms with Crippen LogP contribution in [0, 0.1) is 11.6 Å². The van der Waals surface area contributed by atoms with Gasteiger partial charge in [0.25, 0.3) is 0 Å². The standard InChI is InChI=1S/C20H18F2N4/c21-16-11-23-12-17(22)19(16)14-6-7-15(25-9-14)10-26-18-5-1-3-13-4-2-8-24-20(13)18/h2,4,6-9,11-12,18,26H,1,3,5,10H2. The lowest BCUT2D eigenvalue weighted by atomic mass is 9.92. The van der Waals surface area contributed by atoms with Crippen molar-refractivity contribution in [2.24, 2.45) is 0 Å². The predicted octanol–water partition coefficient (Wildman–Crippen LogP) is 3.98. The first kappa shape index (κ1) is 16.7. The molecule has 1 unspecified atom stereocenters. The van der Waals surface area contributed by atoms with Crippen LogP contribution in [-0.2, 0) is 13.0 Å².